The molecule has 1 N–H and O–H groups in total. The van der Waals surface area contributed by atoms with E-state index in [1.807, 2.05) is 12.3 Å². The molecule has 2 fully saturated rings. The Morgan fingerprint density at radius 3 is 2.77 bits per heavy atom. The minimum absolute atomic E-state index is 0.444. The van der Waals surface area contributed by atoms with Crippen LogP contribution in [-0.4, -0.2) is 47.1 Å². The molecule has 3 nitrogen and oxygen atoms in total. The molecule has 3 rings (SSSR count). The standard InChI is InChI=1S/C22H31NO2S/c1-17-15-23(20-10-12-22(14-20,16-26-2)21(24)25)13-11-19(17)9-8-18-6-4-3-5-7-18/h3-9,17,19-20H,10-16H2,1-2H3,(H,24,25)/b9-8-/t17-,19+,20?,22?/m0/s1. The van der Waals surface area contributed by atoms with Crippen molar-refractivity contribution < 1.29 is 9.90 Å². The SMILES string of the molecule is CSCC1(C(=O)O)CCC(N2CC[C@@H](/C=C\c3ccccc3)[C@@H](C)C2)C1. The van der Waals surface area contributed by atoms with E-state index in [0.29, 0.717) is 17.9 Å². The first-order valence-corrected chi connectivity index (χ1v) is 11.1. The molecule has 1 aliphatic heterocycles. The van der Waals surface area contributed by atoms with Gasteiger partial charge in [0.15, 0.2) is 0 Å². The molecule has 26 heavy (non-hydrogen) atoms. The van der Waals surface area contributed by atoms with Crippen LogP contribution < -0.4 is 0 Å². The second kappa shape index (κ2) is 8.62. The van der Waals surface area contributed by atoms with Crippen molar-refractivity contribution >= 4 is 23.8 Å². The molecule has 2 unspecified atom stereocenters. The number of hydrogen-bond acceptors (Lipinski definition) is 3. The number of piperidine rings is 1. The number of rotatable bonds is 6. The summed E-state index contributed by atoms with van der Waals surface area (Å²) in [6, 6.07) is 10.9. The van der Waals surface area contributed by atoms with Crippen molar-refractivity contribution in [2.24, 2.45) is 17.3 Å². The van der Waals surface area contributed by atoms with Crippen molar-refractivity contribution in [2.45, 2.75) is 38.6 Å². The molecule has 0 spiro atoms. The third-order valence-corrected chi connectivity index (χ3v) is 7.15. The molecule has 0 aromatic heterocycles. The van der Waals surface area contributed by atoms with E-state index in [4.69, 9.17) is 0 Å². The van der Waals surface area contributed by atoms with Gasteiger partial charge in [0, 0.05) is 18.3 Å². The molecule has 1 heterocycles. The van der Waals surface area contributed by atoms with Crippen molar-refractivity contribution in [3.8, 4) is 0 Å². The predicted octanol–water partition coefficient (Wildman–Crippen LogP) is 4.64. The zero-order valence-corrected chi connectivity index (χ0v) is 16.8. The largest absolute Gasteiger partial charge is 0.481 e. The van der Waals surface area contributed by atoms with Gasteiger partial charge in [0.1, 0.15) is 0 Å². The van der Waals surface area contributed by atoms with Crippen LogP contribution in [0.2, 0.25) is 0 Å². The van der Waals surface area contributed by atoms with Gasteiger partial charge < -0.3 is 10.0 Å². The Hall–Kier alpha value is -1.26. The molecule has 1 saturated carbocycles. The summed E-state index contributed by atoms with van der Waals surface area (Å²) in [7, 11) is 0. The van der Waals surface area contributed by atoms with Crippen LogP contribution in [0, 0.1) is 17.3 Å². The summed E-state index contributed by atoms with van der Waals surface area (Å²) in [5.41, 5.74) is 0.762. The summed E-state index contributed by atoms with van der Waals surface area (Å²) in [4.78, 5) is 14.4. The van der Waals surface area contributed by atoms with Crippen molar-refractivity contribution in [1.82, 2.24) is 4.90 Å². The Morgan fingerprint density at radius 1 is 1.35 bits per heavy atom. The second-order valence-corrected chi connectivity index (χ2v) is 8.98. The number of carboxylic acids is 1. The number of carboxylic acid groups (broad SMARTS) is 1. The number of allylic oxidation sites excluding steroid dienone is 1. The first-order valence-electron chi connectivity index (χ1n) is 9.74. The summed E-state index contributed by atoms with van der Waals surface area (Å²) >= 11 is 1.67. The number of thioether (sulfide) groups is 1. The van der Waals surface area contributed by atoms with Gasteiger partial charge in [0.05, 0.1) is 5.41 Å². The first-order chi connectivity index (χ1) is 12.5. The van der Waals surface area contributed by atoms with E-state index in [1.54, 1.807) is 11.8 Å². The lowest BCUT2D eigenvalue weighted by Gasteiger charge is -2.39. The highest BCUT2D eigenvalue weighted by Crippen LogP contribution is 2.44. The molecule has 4 atom stereocenters. The van der Waals surface area contributed by atoms with E-state index in [-0.39, 0.29) is 0 Å². The number of nitrogens with zero attached hydrogens (tertiary/aromatic N) is 1. The number of aliphatic carboxylic acids is 1. The molecule has 1 aromatic rings. The molecule has 2 aliphatic rings. The number of likely N-dealkylation sites (tertiary alicyclic amines) is 1. The average molecular weight is 374 g/mol. The molecular weight excluding hydrogens is 342 g/mol. The Bertz CT molecular complexity index is 632. The second-order valence-electron chi connectivity index (χ2n) is 8.11. The molecule has 1 aromatic carbocycles. The van der Waals surface area contributed by atoms with Crippen molar-refractivity contribution in [3.63, 3.8) is 0 Å². The Kier molecular flexibility index (Phi) is 6.46. The quantitative estimate of drug-likeness (QED) is 0.788. The highest BCUT2D eigenvalue weighted by atomic mass is 32.2. The molecular formula is C22H31NO2S. The lowest BCUT2D eigenvalue weighted by Crippen LogP contribution is -2.45. The van der Waals surface area contributed by atoms with Gasteiger partial charge >= 0.3 is 5.97 Å². The van der Waals surface area contributed by atoms with Gasteiger partial charge in [0.2, 0.25) is 0 Å². The van der Waals surface area contributed by atoms with Gasteiger partial charge in [-0.2, -0.15) is 11.8 Å². The van der Waals surface area contributed by atoms with Gasteiger partial charge in [-0.25, -0.2) is 0 Å². The van der Waals surface area contributed by atoms with Gasteiger partial charge in [-0.3, -0.25) is 4.79 Å². The zero-order valence-electron chi connectivity index (χ0n) is 15.9. The Labute approximate surface area is 161 Å². The van der Waals surface area contributed by atoms with E-state index in [0.717, 1.165) is 38.1 Å². The highest BCUT2D eigenvalue weighted by molar-refractivity contribution is 7.98. The summed E-state index contributed by atoms with van der Waals surface area (Å²) in [5.74, 6) is 1.38. The fourth-order valence-electron chi connectivity index (χ4n) is 4.69. The van der Waals surface area contributed by atoms with Gasteiger partial charge in [-0.15, -0.1) is 0 Å². The van der Waals surface area contributed by atoms with E-state index < -0.39 is 11.4 Å². The zero-order chi connectivity index (χ0) is 18.6. The van der Waals surface area contributed by atoms with Crippen LogP contribution in [0.1, 0.15) is 38.2 Å². The topological polar surface area (TPSA) is 40.5 Å². The number of carbonyl (C=O) groups is 1. The molecule has 4 heteroatoms. The molecule has 1 aliphatic carbocycles. The van der Waals surface area contributed by atoms with Crippen molar-refractivity contribution in [1.29, 1.82) is 0 Å². The van der Waals surface area contributed by atoms with Crippen molar-refractivity contribution in [3.05, 3.63) is 42.0 Å². The molecule has 142 valence electrons. The van der Waals surface area contributed by atoms with E-state index in [1.165, 1.54) is 12.0 Å². The van der Waals surface area contributed by atoms with Crippen molar-refractivity contribution in [2.75, 3.05) is 25.1 Å². The summed E-state index contributed by atoms with van der Waals surface area (Å²) in [5, 5.41) is 9.74. The molecule has 0 radical (unpaired) electrons. The Balaban J connectivity index is 1.57. The summed E-state index contributed by atoms with van der Waals surface area (Å²) in [6.07, 6.45) is 10.5. The minimum atomic E-state index is -0.594. The number of benzene rings is 1. The van der Waals surface area contributed by atoms with Gasteiger partial charge in [0.25, 0.3) is 0 Å². The van der Waals surface area contributed by atoms with Crippen LogP contribution in [0.15, 0.2) is 36.4 Å². The maximum absolute atomic E-state index is 11.8. The van der Waals surface area contributed by atoms with Gasteiger partial charge in [-0.05, 0) is 55.9 Å². The van der Waals surface area contributed by atoms with Crippen LogP contribution in [-0.2, 0) is 4.79 Å². The van der Waals surface area contributed by atoms with Gasteiger partial charge in [-0.1, -0.05) is 49.4 Å². The van der Waals surface area contributed by atoms with Crippen LogP contribution in [0.5, 0.6) is 0 Å². The summed E-state index contributed by atoms with van der Waals surface area (Å²) < 4.78 is 0. The van der Waals surface area contributed by atoms with Crippen LogP contribution in [0.25, 0.3) is 6.08 Å². The predicted molar refractivity (Wildman–Crippen MR) is 110 cm³/mol. The average Bonchev–Trinajstić information content (AvgIpc) is 3.07. The maximum atomic E-state index is 11.8. The molecule has 1 saturated heterocycles. The lowest BCUT2D eigenvalue weighted by atomic mass is 9.84. The van der Waals surface area contributed by atoms with E-state index >= 15 is 0 Å². The Morgan fingerprint density at radius 2 is 2.12 bits per heavy atom. The van der Waals surface area contributed by atoms with Crippen LogP contribution in [0.4, 0.5) is 0 Å². The lowest BCUT2D eigenvalue weighted by molar-refractivity contribution is -0.147. The maximum Gasteiger partial charge on any atom is 0.310 e. The van der Waals surface area contributed by atoms with E-state index in [2.05, 4.69) is 48.2 Å². The normalized spacial score (nSPS) is 32.9. The van der Waals surface area contributed by atoms with Crippen LogP contribution in [0.3, 0.4) is 0 Å². The number of hydrogen-bond donors (Lipinski definition) is 1. The van der Waals surface area contributed by atoms with E-state index in [9.17, 15) is 9.90 Å². The molecule has 0 amide bonds. The first kappa shape index (κ1) is 19.5. The highest BCUT2D eigenvalue weighted by Gasteiger charge is 2.47. The van der Waals surface area contributed by atoms with Crippen LogP contribution >= 0.6 is 11.8 Å². The fourth-order valence-corrected chi connectivity index (χ4v) is 5.62. The molecule has 0 bridgehead atoms. The minimum Gasteiger partial charge on any atom is -0.481 e. The summed E-state index contributed by atoms with van der Waals surface area (Å²) in [6.45, 7) is 4.52. The third-order valence-electron chi connectivity index (χ3n) is 6.31. The smallest absolute Gasteiger partial charge is 0.310 e. The monoisotopic (exact) mass is 373 g/mol. The fraction of sp³-hybridized carbons (Fsp3) is 0.591. The third kappa shape index (κ3) is 4.34.